The Morgan fingerprint density at radius 1 is 1.38 bits per heavy atom. The summed E-state index contributed by atoms with van der Waals surface area (Å²) in [6.07, 6.45) is 12.6. The first kappa shape index (κ1) is 8.17. The van der Waals surface area contributed by atoms with Gasteiger partial charge in [-0.25, -0.2) is 0 Å². The second-order valence-electron chi connectivity index (χ2n) is 3.32. The number of rotatable bonds is 1. The number of nitrogens with one attached hydrogen (secondary N) is 2. The Bertz CT molecular complexity index is 308. The minimum atomic E-state index is 0.314. The molecule has 0 aromatic rings. The van der Waals surface area contributed by atoms with E-state index in [0.29, 0.717) is 6.04 Å². The first-order valence-corrected chi connectivity index (χ1v) is 4.58. The van der Waals surface area contributed by atoms with E-state index >= 15 is 0 Å². The molecule has 0 radical (unpaired) electrons. The average molecular weight is 174 g/mol. The number of hydrogen-bond donors (Lipinski definition) is 2. The maximum atomic E-state index is 3.36. The van der Waals surface area contributed by atoms with E-state index < -0.39 is 0 Å². The predicted octanol–water partition coefficient (Wildman–Crippen LogP) is 1.46. The molecule has 0 aromatic heterocycles. The smallest absolute Gasteiger partial charge is 0.0843 e. The zero-order chi connectivity index (χ0) is 9.10. The standard InChI is InChI=1S/C11H14N2/c1-9-5-7-13-11(8-9)10-4-2-3-6-12-10/h2-6,8,10,12-13H,7H2,1H3. The molecule has 0 bridgehead atoms. The van der Waals surface area contributed by atoms with Gasteiger partial charge in [-0.2, -0.15) is 0 Å². The van der Waals surface area contributed by atoms with Gasteiger partial charge in [0.05, 0.1) is 6.04 Å². The third kappa shape index (κ3) is 1.83. The molecule has 13 heavy (non-hydrogen) atoms. The number of hydrogen-bond acceptors (Lipinski definition) is 2. The first-order chi connectivity index (χ1) is 6.36. The molecular formula is C11H14N2. The third-order valence-electron chi connectivity index (χ3n) is 2.24. The molecule has 1 unspecified atom stereocenters. The van der Waals surface area contributed by atoms with Gasteiger partial charge in [0.25, 0.3) is 0 Å². The van der Waals surface area contributed by atoms with Gasteiger partial charge in [0.1, 0.15) is 0 Å². The van der Waals surface area contributed by atoms with Crippen LogP contribution in [0.25, 0.3) is 0 Å². The molecule has 2 heteroatoms. The van der Waals surface area contributed by atoms with Crippen molar-refractivity contribution >= 4 is 0 Å². The largest absolute Gasteiger partial charge is 0.383 e. The molecule has 2 N–H and O–H groups in total. The highest BCUT2D eigenvalue weighted by Crippen LogP contribution is 2.11. The minimum absolute atomic E-state index is 0.314. The van der Waals surface area contributed by atoms with E-state index in [2.05, 4.69) is 41.9 Å². The maximum Gasteiger partial charge on any atom is 0.0843 e. The van der Waals surface area contributed by atoms with Gasteiger partial charge in [0, 0.05) is 12.2 Å². The maximum absolute atomic E-state index is 3.36. The van der Waals surface area contributed by atoms with Crippen molar-refractivity contribution in [1.82, 2.24) is 10.6 Å². The normalized spacial score (nSPS) is 25.8. The van der Waals surface area contributed by atoms with Gasteiger partial charge in [-0.3, -0.25) is 0 Å². The second kappa shape index (κ2) is 3.52. The van der Waals surface area contributed by atoms with E-state index in [1.807, 2.05) is 12.3 Å². The number of allylic oxidation sites excluding steroid dienone is 4. The van der Waals surface area contributed by atoms with Crippen molar-refractivity contribution in [2.75, 3.05) is 6.54 Å². The fourth-order valence-electron chi connectivity index (χ4n) is 1.52. The molecule has 0 saturated carbocycles. The highest BCUT2D eigenvalue weighted by Gasteiger charge is 2.11. The molecule has 2 aliphatic heterocycles. The molecule has 2 heterocycles. The summed E-state index contributed by atoms with van der Waals surface area (Å²) in [5.74, 6) is 0. The lowest BCUT2D eigenvalue weighted by atomic mass is 10.1. The van der Waals surface area contributed by atoms with Crippen LogP contribution in [0.4, 0.5) is 0 Å². The predicted molar refractivity (Wildman–Crippen MR) is 55.0 cm³/mol. The summed E-state index contributed by atoms with van der Waals surface area (Å²) in [6, 6.07) is 0.314. The monoisotopic (exact) mass is 174 g/mol. The highest BCUT2D eigenvalue weighted by atomic mass is 15.0. The average Bonchev–Trinajstić information content (AvgIpc) is 2.19. The van der Waals surface area contributed by atoms with Crippen molar-refractivity contribution in [3.05, 3.63) is 47.9 Å². The second-order valence-corrected chi connectivity index (χ2v) is 3.32. The Hall–Kier alpha value is -1.44. The number of dihydropyridines is 2. The van der Waals surface area contributed by atoms with Gasteiger partial charge >= 0.3 is 0 Å². The van der Waals surface area contributed by atoms with Crippen LogP contribution >= 0.6 is 0 Å². The summed E-state index contributed by atoms with van der Waals surface area (Å²) in [7, 11) is 0. The van der Waals surface area contributed by atoms with E-state index in [4.69, 9.17) is 0 Å². The van der Waals surface area contributed by atoms with Crippen LogP contribution in [0.2, 0.25) is 0 Å². The van der Waals surface area contributed by atoms with Crippen LogP contribution in [0.15, 0.2) is 47.9 Å². The van der Waals surface area contributed by atoms with Gasteiger partial charge < -0.3 is 10.6 Å². The van der Waals surface area contributed by atoms with Gasteiger partial charge in [-0.1, -0.05) is 23.8 Å². The molecule has 0 spiro atoms. The Balaban J connectivity index is 2.12. The summed E-state index contributed by atoms with van der Waals surface area (Å²) >= 11 is 0. The molecule has 0 saturated heterocycles. The zero-order valence-electron chi connectivity index (χ0n) is 7.75. The summed E-state index contributed by atoms with van der Waals surface area (Å²) in [5.41, 5.74) is 2.58. The van der Waals surface area contributed by atoms with E-state index in [9.17, 15) is 0 Å². The molecule has 0 aromatic carbocycles. The molecule has 2 nitrogen and oxygen atoms in total. The van der Waals surface area contributed by atoms with E-state index in [0.717, 1.165) is 6.54 Å². The summed E-state index contributed by atoms with van der Waals surface area (Å²) < 4.78 is 0. The fourth-order valence-corrected chi connectivity index (χ4v) is 1.52. The molecule has 0 fully saturated rings. The Labute approximate surface area is 78.7 Å². The van der Waals surface area contributed by atoms with Crippen LogP contribution in [0, 0.1) is 0 Å². The van der Waals surface area contributed by atoms with Crippen molar-refractivity contribution in [1.29, 1.82) is 0 Å². The third-order valence-corrected chi connectivity index (χ3v) is 2.24. The lowest BCUT2D eigenvalue weighted by molar-refractivity contribution is 0.700. The van der Waals surface area contributed by atoms with Crippen molar-refractivity contribution in [3.8, 4) is 0 Å². The fraction of sp³-hybridized carbons (Fsp3) is 0.273. The van der Waals surface area contributed by atoms with Crippen LogP contribution in [0.5, 0.6) is 0 Å². The summed E-state index contributed by atoms with van der Waals surface area (Å²) in [4.78, 5) is 0. The SMILES string of the molecule is CC1=CCNC(C2C=CC=CN2)=C1. The van der Waals surface area contributed by atoms with E-state index in [1.54, 1.807) is 0 Å². The zero-order valence-corrected chi connectivity index (χ0v) is 7.75. The minimum Gasteiger partial charge on any atom is -0.383 e. The Kier molecular flexibility index (Phi) is 2.21. The lowest BCUT2D eigenvalue weighted by Crippen LogP contribution is -2.34. The highest BCUT2D eigenvalue weighted by molar-refractivity contribution is 5.33. The summed E-state index contributed by atoms with van der Waals surface area (Å²) in [5, 5.41) is 6.64. The van der Waals surface area contributed by atoms with Gasteiger partial charge in [-0.15, -0.1) is 0 Å². The van der Waals surface area contributed by atoms with Crippen molar-refractivity contribution in [2.24, 2.45) is 0 Å². The van der Waals surface area contributed by atoms with Crippen LogP contribution in [0.1, 0.15) is 6.92 Å². The van der Waals surface area contributed by atoms with Crippen molar-refractivity contribution in [3.63, 3.8) is 0 Å². The van der Waals surface area contributed by atoms with Crippen LogP contribution in [-0.4, -0.2) is 12.6 Å². The lowest BCUT2D eigenvalue weighted by Gasteiger charge is -2.23. The van der Waals surface area contributed by atoms with Crippen LogP contribution in [0.3, 0.4) is 0 Å². The Morgan fingerprint density at radius 2 is 2.31 bits per heavy atom. The molecular weight excluding hydrogens is 160 g/mol. The first-order valence-electron chi connectivity index (χ1n) is 4.58. The molecule has 2 aliphatic rings. The molecule has 2 rings (SSSR count). The molecule has 68 valence electrons. The topological polar surface area (TPSA) is 24.1 Å². The quantitative estimate of drug-likeness (QED) is 0.629. The van der Waals surface area contributed by atoms with Crippen LogP contribution < -0.4 is 10.6 Å². The Morgan fingerprint density at radius 3 is 3.00 bits per heavy atom. The summed E-state index contributed by atoms with van der Waals surface area (Å²) in [6.45, 7) is 3.07. The van der Waals surface area contributed by atoms with Gasteiger partial charge in [0.15, 0.2) is 0 Å². The van der Waals surface area contributed by atoms with E-state index in [1.165, 1.54) is 11.3 Å². The molecule has 0 aliphatic carbocycles. The van der Waals surface area contributed by atoms with Crippen LogP contribution in [-0.2, 0) is 0 Å². The molecule has 0 amide bonds. The van der Waals surface area contributed by atoms with Crippen molar-refractivity contribution in [2.45, 2.75) is 13.0 Å². The van der Waals surface area contributed by atoms with Gasteiger partial charge in [-0.05, 0) is 25.3 Å². The van der Waals surface area contributed by atoms with E-state index in [-0.39, 0.29) is 0 Å². The van der Waals surface area contributed by atoms with Crippen molar-refractivity contribution < 1.29 is 0 Å². The van der Waals surface area contributed by atoms with Gasteiger partial charge in [0.2, 0.25) is 0 Å². The molecule has 1 atom stereocenters.